The minimum absolute atomic E-state index is 0.158. The molecule has 0 bridgehead atoms. The van der Waals surface area contributed by atoms with E-state index in [0.717, 1.165) is 15.9 Å². The number of benzene rings is 1. The fourth-order valence-corrected chi connectivity index (χ4v) is 2.14. The summed E-state index contributed by atoms with van der Waals surface area (Å²) in [6, 6.07) is 5.59. The van der Waals surface area contributed by atoms with Crippen molar-refractivity contribution in [1.82, 2.24) is 19.9 Å². The van der Waals surface area contributed by atoms with Gasteiger partial charge in [-0.25, -0.2) is 4.98 Å². The lowest BCUT2D eigenvalue weighted by molar-refractivity contribution is 0.415. The highest BCUT2D eigenvalue weighted by Gasteiger charge is 2.10. The van der Waals surface area contributed by atoms with E-state index in [9.17, 15) is 0 Å². The van der Waals surface area contributed by atoms with E-state index in [4.69, 9.17) is 10.5 Å². The predicted octanol–water partition coefficient (Wildman–Crippen LogP) is 2.45. The summed E-state index contributed by atoms with van der Waals surface area (Å²) in [5, 5.41) is 3.19. The van der Waals surface area contributed by atoms with Crippen molar-refractivity contribution >= 4 is 44.5 Å². The second kappa shape index (κ2) is 4.97. The van der Waals surface area contributed by atoms with Crippen LogP contribution in [-0.2, 0) is 0 Å². The standard InChI is InChI=1S/C12H11BrN6O/c1-20-6-2-3-7(13)8(4-6)17-11-9-10(16-5-15-9)18-12(14)19-11/h2-5H,1H3,(H4,14,15,16,17,18,19). The first-order chi connectivity index (χ1) is 9.67. The first-order valence-electron chi connectivity index (χ1n) is 5.74. The van der Waals surface area contributed by atoms with Crippen molar-refractivity contribution in [1.29, 1.82) is 0 Å². The molecule has 1 aromatic carbocycles. The molecule has 3 rings (SSSR count). The number of fused-ring (bicyclic) bond motifs is 1. The van der Waals surface area contributed by atoms with Gasteiger partial charge in [-0.05, 0) is 28.1 Å². The van der Waals surface area contributed by atoms with Gasteiger partial charge in [0.05, 0.1) is 19.1 Å². The summed E-state index contributed by atoms with van der Waals surface area (Å²) < 4.78 is 6.08. The molecule has 0 saturated carbocycles. The summed E-state index contributed by atoms with van der Waals surface area (Å²) in [5.41, 5.74) is 7.68. The van der Waals surface area contributed by atoms with E-state index in [1.807, 2.05) is 18.2 Å². The van der Waals surface area contributed by atoms with Crippen molar-refractivity contribution in [2.45, 2.75) is 0 Å². The second-order valence-corrected chi connectivity index (χ2v) is 4.86. The molecule has 3 aromatic rings. The fourth-order valence-electron chi connectivity index (χ4n) is 1.80. The molecule has 0 amide bonds. The number of aromatic nitrogens is 4. The minimum Gasteiger partial charge on any atom is -0.497 e. The van der Waals surface area contributed by atoms with E-state index < -0.39 is 0 Å². The molecule has 8 heteroatoms. The quantitative estimate of drug-likeness (QED) is 0.680. The third-order valence-corrected chi connectivity index (χ3v) is 3.42. The van der Waals surface area contributed by atoms with Gasteiger partial charge in [0, 0.05) is 10.5 Å². The van der Waals surface area contributed by atoms with Crippen LogP contribution in [0.2, 0.25) is 0 Å². The molecule has 2 heterocycles. The Bertz CT molecular complexity index is 772. The van der Waals surface area contributed by atoms with Gasteiger partial charge in [-0.1, -0.05) is 0 Å². The van der Waals surface area contributed by atoms with Crippen molar-refractivity contribution in [2.75, 3.05) is 18.2 Å². The van der Waals surface area contributed by atoms with Crippen LogP contribution in [0.5, 0.6) is 5.75 Å². The third kappa shape index (κ3) is 2.25. The first-order valence-corrected chi connectivity index (χ1v) is 6.54. The van der Waals surface area contributed by atoms with E-state index in [1.54, 1.807) is 13.4 Å². The number of aromatic amines is 1. The lowest BCUT2D eigenvalue weighted by Gasteiger charge is -2.10. The molecule has 7 nitrogen and oxygen atoms in total. The maximum Gasteiger partial charge on any atom is 0.224 e. The van der Waals surface area contributed by atoms with Crippen LogP contribution in [0.15, 0.2) is 29.0 Å². The van der Waals surface area contributed by atoms with Crippen LogP contribution < -0.4 is 15.8 Å². The average Bonchev–Trinajstić information content (AvgIpc) is 2.89. The highest BCUT2D eigenvalue weighted by molar-refractivity contribution is 9.10. The maximum absolute atomic E-state index is 5.68. The van der Waals surface area contributed by atoms with Crippen LogP contribution in [-0.4, -0.2) is 27.0 Å². The fraction of sp³-hybridized carbons (Fsp3) is 0.0833. The van der Waals surface area contributed by atoms with Crippen LogP contribution in [0.1, 0.15) is 0 Å². The van der Waals surface area contributed by atoms with Crippen molar-refractivity contribution in [3.8, 4) is 5.75 Å². The number of hydrogen-bond acceptors (Lipinski definition) is 6. The highest BCUT2D eigenvalue weighted by Crippen LogP contribution is 2.31. The van der Waals surface area contributed by atoms with Gasteiger partial charge >= 0.3 is 0 Å². The molecule has 0 aliphatic rings. The van der Waals surface area contributed by atoms with Crippen LogP contribution >= 0.6 is 15.9 Å². The SMILES string of the molecule is COc1ccc(Br)c(Nc2nc(N)nc3nc[nH]c23)c1. The lowest BCUT2D eigenvalue weighted by atomic mass is 10.3. The van der Waals surface area contributed by atoms with Crippen molar-refractivity contribution < 1.29 is 4.74 Å². The number of nitrogens with zero attached hydrogens (tertiary/aromatic N) is 3. The number of H-pyrrole nitrogens is 1. The Labute approximate surface area is 122 Å². The number of nitrogen functional groups attached to an aromatic ring is 1. The monoisotopic (exact) mass is 334 g/mol. The molecule has 20 heavy (non-hydrogen) atoms. The number of methoxy groups -OCH3 is 1. The lowest BCUT2D eigenvalue weighted by Crippen LogP contribution is -2.02. The zero-order valence-corrected chi connectivity index (χ0v) is 12.1. The van der Waals surface area contributed by atoms with Gasteiger partial charge in [-0.15, -0.1) is 0 Å². The van der Waals surface area contributed by atoms with E-state index in [1.165, 1.54) is 0 Å². The number of nitrogens with two attached hydrogens (primary N) is 1. The number of hydrogen-bond donors (Lipinski definition) is 3. The van der Waals surface area contributed by atoms with E-state index in [0.29, 0.717) is 17.0 Å². The summed E-state index contributed by atoms with van der Waals surface area (Å²) in [5.74, 6) is 1.45. The number of halogens is 1. The van der Waals surface area contributed by atoms with E-state index >= 15 is 0 Å². The molecule has 0 fully saturated rings. The van der Waals surface area contributed by atoms with Gasteiger partial charge in [-0.3, -0.25) is 0 Å². The van der Waals surface area contributed by atoms with Crippen molar-refractivity contribution in [2.24, 2.45) is 0 Å². The van der Waals surface area contributed by atoms with Crippen molar-refractivity contribution in [3.05, 3.63) is 29.0 Å². The zero-order chi connectivity index (χ0) is 14.1. The normalized spacial score (nSPS) is 10.7. The van der Waals surface area contributed by atoms with Gasteiger partial charge < -0.3 is 20.8 Å². The maximum atomic E-state index is 5.68. The number of nitrogens with one attached hydrogen (secondary N) is 2. The Morgan fingerprint density at radius 2 is 2.20 bits per heavy atom. The molecule has 0 spiro atoms. The first kappa shape index (κ1) is 12.7. The highest BCUT2D eigenvalue weighted by atomic mass is 79.9. The predicted molar refractivity (Wildman–Crippen MR) is 80.1 cm³/mol. The van der Waals surface area contributed by atoms with Crippen LogP contribution in [0.25, 0.3) is 11.2 Å². The van der Waals surface area contributed by atoms with Gasteiger partial charge in [-0.2, -0.15) is 9.97 Å². The molecule has 0 aliphatic heterocycles. The van der Waals surface area contributed by atoms with Crippen molar-refractivity contribution in [3.63, 3.8) is 0 Å². The summed E-state index contributed by atoms with van der Waals surface area (Å²) in [6.07, 6.45) is 1.55. The Kier molecular flexibility index (Phi) is 3.15. The Balaban J connectivity index is 2.07. The molecule has 102 valence electrons. The minimum atomic E-state index is 0.158. The van der Waals surface area contributed by atoms with E-state index in [-0.39, 0.29) is 5.95 Å². The van der Waals surface area contributed by atoms with E-state index in [2.05, 4.69) is 41.2 Å². The molecule has 0 atom stereocenters. The summed E-state index contributed by atoms with van der Waals surface area (Å²) in [7, 11) is 1.61. The molecule has 0 saturated heterocycles. The Hall–Kier alpha value is -2.35. The van der Waals surface area contributed by atoms with Gasteiger partial charge in [0.25, 0.3) is 0 Å². The molecule has 2 aromatic heterocycles. The Morgan fingerprint density at radius 1 is 1.35 bits per heavy atom. The number of anilines is 3. The molecular formula is C12H11BrN6O. The molecular weight excluding hydrogens is 324 g/mol. The largest absolute Gasteiger partial charge is 0.497 e. The summed E-state index contributed by atoms with van der Waals surface area (Å²) in [4.78, 5) is 15.3. The summed E-state index contributed by atoms with van der Waals surface area (Å²) in [6.45, 7) is 0. The smallest absolute Gasteiger partial charge is 0.224 e. The number of ether oxygens (including phenoxy) is 1. The molecule has 4 N–H and O–H groups in total. The van der Waals surface area contributed by atoms with Crippen LogP contribution in [0, 0.1) is 0 Å². The van der Waals surface area contributed by atoms with Crippen LogP contribution in [0.4, 0.5) is 17.5 Å². The Morgan fingerprint density at radius 3 is 3.00 bits per heavy atom. The molecule has 0 radical (unpaired) electrons. The number of imidazole rings is 1. The average molecular weight is 335 g/mol. The molecule has 0 aliphatic carbocycles. The number of rotatable bonds is 3. The van der Waals surface area contributed by atoms with Gasteiger partial charge in [0.15, 0.2) is 11.5 Å². The third-order valence-electron chi connectivity index (χ3n) is 2.73. The topological polar surface area (TPSA) is 102 Å². The second-order valence-electron chi connectivity index (χ2n) is 4.00. The van der Waals surface area contributed by atoms with Crippen LogP contribution in [0.3, 0.4) is 0 Å². The summed E-state index contributed by atoms with van der Waals surface area (Å²) >= 11 is 3.47. The van der Waals surface area contributed by atoms with Gasteiger partial charge in [0.2, 0.25) is 5.95 Å². The molecule has 0 unspecified atom stereocenters. The zero-order valence-electron chi connectivity index (χ0n) is 10.5. The van der Waals surface area contributed by atoms with Gasteiger partial charge in [0.1, 0.15) is 11.3 Å².